The molecule has 1 aliphatic heterocycles. The number of hydrogen-bond donors (Lipinski definition) is 1. The lowest BCUT2D eigenvalue weighted by Gasteiger charge is -2.29. The molecule has 0 aromatic heterocycles. The van der Waals surface area contributed by atoms with Crippen molar-refractivity contribution in [2.24, 2.45) is 0 Å². The van der Waals surface area contributed by atoms with Crippen LogP contribution in [0.25, 0.3) is 0 Å². The maximum absolute atomic E-state index is 12.1. The van der Waals surface area contributed by atoms with Gasteiger partial charge in [0.2, 0.25) is 5.91 Å². The summed E-state index contributed by atoms with van der Waals surface area (Å²) in [6, 6.07) is 0.0373. The molecule has 1 saturated heterocycles. The van der Waals surface area contributed by atoms with E-state index in [2.05, 4.69) is 5.32 Å². The van der Waals surface area contributed by atoms with Gasteiger partial charge < -0.3 is 15.0 Å². The summed E-state index contributed by atoms with van der Waals surface area (Å²) in [4.78, 5) is 14.0. The number of carbonyl (C=O) groups excluding carboxylic acids is 1. The van der Waals surface area contributed by atoms with Crippen LogP contribution in [0.15, 0.2) is 0 Å². The van der Waals surface area contributed by atoms with Crippen LogP contribution in [-0.2, 0) is 9.53 Å². The molecule has 102 valence electrons. The molecule has 1 atom stereocenters. The molecule has 0 spiro atoms. The van der Waals surface area contributed by atoms with Crippen LogP contribution in [0.4, 0.5) is 0 Å². The van der Waals surface area contributed by atoms with Gasteiger partial charge in [-0.25, -0.2) is 0 Å². The van der Waals surface area contributed by atoms with Crippen molar-refractivity contribution in [2.75, 3.05) is 32.8 Å². The zero-order valence-electron chi connectivity index (χ0n) is 10.9. The van der Waals surface area contributed by atoms with E-state index in [0.29, 0.717) is 19.8 Å². The molecule has 0 saturated carbocycles. The number of halogens is 1. The summed E-state index contributed by atoms with van der Waals surface area (Å²) in [5, 5.41) is 3.29. The number of amides is 1. The van der Waals surface area contributed by atoms with Gasteiger partial charge in [-0.2, -0.15) is 0 Å². The zero-order chi connectivity index (χ0) is 11.8. The molecule has 1 rings (SSSR count). The summed E-state index contributed by atoms with van der Waals surface area (Å²) in [7, 11) is 0. The number of carbonyl (C=O) groups is 1. The van der Waals surface area contributed by atoms with E-state index in [9.17, 15) is 4.79 Å². The van der Waals surface area contributed by atoms with Gasteiger partial charge in [0.25, 0.3) is 0 Å². The smallest absolute Gasteiger partial charge is 0.239 e. The molecule has 0 aromatic rings. The number of piperidine rings is 1. The molecule has 4 nitrogen and oxygen atoms in total. The highest BCUT2D eigenvalue weighted by atomic mass is 35.5. The Morgan fingerprint density at radius 2 is 2.18 bits per heavy atom. The summed E-state index contributed by atoms with van der Waals surface area (Å²) in [6.07, 6.45) is 3.32. The third-order valence-electron chi connectivity index (χ3n) is 3.01. The average Bonchev–Trinajstić information content (AvgIpc) is 2.35. The van der Waals surface area contributed by atoms with Gasteiger partial charge in [-0.1, -0.05) is 6.42 Å². The molecule has 1 fully saturated rings. The van der Waals surface area contributed by atoms with Crippen LogP contribution in [0.5, 0.6) is 0 Å². The molecule has 0 aliphatic carbocycles. The maximum atomic E-state index is 12.1. The number of rotatable bonds is 6. The van der Waals surface area contributed by atoms with Gasteiger partial charge in [0.1, 0.15) is 0 Å². The van der Waals surface area contributed by atoms with Crippen molar-refractivity contribution in [3.63, 3.8) is 0 Å². The average molecular weight is 265 g/mol. The minimum absolute atomic E-state index is 0. The fourth-order valence-corrected chi connectivity index (χ4v) is 2.03. The van der Waals surface area contributed by atoms with E-state index in [-0.39, 0.29) is 24.4 Å². The number of nitrogens with zero attached hydrogens (tertiary/aromatic N) is 1. The number of ether oxygens (including phenoxy) is 1. The zero-order valence-corrected chi connectivity index (χ0v) is 11.7. The molecule has 0 aromatic carbocycles. The predicted octanol–water partition coefficient (Wildman–Crippen LogP) is 1.44. The Labute approximate surface area is 110 Å². The third kappa shape index (κ3) is 5.70. The molecular formula is C12H25ClN2O2. The van der Waals surface area contributed by atoms with Crippen LogP contribution in [-0.4, -0.2) is 49.7 Å². The minimum Gasteiger partial charge on any atom is -0.380 e. The van der Waals surface area contributed by atoms with Crippen molar-refractivity contribution in [1.29, 1.82) is 0 Å². The summed E-state index contributed by atoms with van der Waals surface area (Å²) >= 11 is 0. The summed E-state index contributed by atoms with van der Waals surface area (Å²) < 4.78 is 5.29. The van der Waals surface area contributed by atoms with Gasteiger partial charge in [0, 0.05) is 19.7 Å². The summed E-state index contributed by atoms with van der Waals surface area (Å²) in [5.41, 5.74) is 0. The minimum atomic E-state index is 0. The van der Waals surface area contributed by atoms with E-state index in [1.807, 2.05) is 18.7 Å². The Hall–Kier alpha value is -0.320. The van der Waals surface area contributed by atoms with Gasteiger partial charge in [-0.05, 0) is 33.2 Å². The summed E-state index contributed by atoms with van der Waals surface area (Å²) in [6.45, 7) is 7.80. The number of likely N-dealkylation sites (N-methyl/N-ethyl adjacent to an activating group) is 1. The molecule has 1 N–H and O–H groups in total. The topological polar surface area (TPSA) is 41.6 Å². The SMILES string of the molecule is CCOCCN(CC)C(=O)[C@@H]1CCCCN1.Cl. The van der Waals surface area contributed by atoms with Gasteiger partial charge in [-0.15, -0.1) is 12.4 Å². The van der Waals surface area contributed by atoms with E-state index < -0.39 is 0 Å². The van der Waals surface area contributed by atoms with Crippen LogP contribution in [0, 0.1) is 0 Å². The second-order valence-corrected chi connectivity index (χ2v) is 4.12. The standard InChI is InChI=1S/C12H24N2O2.ClH/c1-3-14(9-10-16-4-2)12(15)11-7-5-6-8-13-11;/h11,13H,3-10H2,1-2H3;1H/t11-;/m0./s1. The maximum Gasteiger partial charge on any atom is 0.239 e. The Bertz CT molecular complexity index is 209. The van der Waals surface area contributed by atoms with Gasteiger partial charge in [-0.3, -0.25) is 4.79 Å². The van der Waals surface area contributed by atoms with E-state index >= 15 is 0 Å². The first-order chi connectivity index (χ1) is 7.79. The lowest BCUT2D eigenvalue weighted by molar-refractivity contribution is -0.134. The van der Waals surface area contributed by atoms with Gasteiger partial charge >= 0.3 is 0 Å². The molecule has 5 heteroatoms. The lowest BCUT2D eigenvalue weighted by atomic mass is 10.0. The van der Waals surface area contributed by atoms with Crippen molar-refractivity contribution in [2.45, 2.75) is 39.2 Å². The van der Waals surface area contributed by atoms with Crippen LogP contribution in [0.3, 0.4) is 0 Å². The Balaban J connectivity index is 0.00000256. The fraction of sp³-hybridized carbons (Fsp3) is 0.917. The Morgan fingerprint density at radius 3 is 2.71 bits per heavy atom. The van der Waals surface area contributed by atoms with E-state index in [1.54, 1.807) is 0 Å². The fourth-order valence-electron chi connectivity index (χ4n) is 2.03. The molecule has 1 aliphatic rings. The second-order valence-electron chi connectivity index (χ2n) is 4.12. The van der Waals surface area contributed by atoms with Crippen LogP contribution < -0.4 is 5.32 Å². The Morgan fingerprint density at radius 1 is 1.41 bits per heavy atom. The van der Waals surface area contributed by atoms with Gasteiger partial charge in [0.15, 0.2) is 0 Å². The first-order valence-electron chi connectivity index (χ1n) is 6.39. The highest BCUT2D eigenvalue weighted by Crippen LogP contribution is 2.09. The molecule has 17 heavy (non-hydrogen) atoms. The molecular weight excluding hydrogens is 240 g/mol. The van der Waals surface area contributed by atoms with E-state index in [1.165, 1.54) is 6.42 Å². The number of nitrogens with one attached hydrogen (secondary N) is 1. The second kappa shape index (κ2) is 9.68. The van der Waals surface area contributed by atoms with Gasteiger partial charge in [0.05, 0.1) is 12.6 Å². The Kier molecular flexibility index (Phi) is 9.50. The predicted molar refractivity (Wildman–Crippen MR) is 71.6 cm³/mol. The van der Waals surface area contributed by atoms with Crippen LogP contribution in [0.2, 0.25) is 0 Å². The van der Waals surface area contributed by atoms with Crippen molar-refractivity contribution in [1.82, 2.24) is 10.2 Å². The number of hydrogen-bond acceptors (Lipinski definition) is 3. The van der Waals surface area contributed by atoms with Crippen molar-refractivity contribution >= 4 is 18.3 Å². The van der Waals surface area contributed by atoms with Crippen molar-refractivity contribution in [3.05, 3.63) is 0 Å². The molecule has 0 bridgehead atoms. The first kappa shape index (κ1) is 16.7. The van der Waals surface area contributed by atoms with E-state index in [4.69, 9.17) is 4.74 Å². The highest BCUT2D eigenvalue weighted by Gasteiger charge is 2.24. The summed E-state index contributed by atoms with van der Waals surface area (Å²) in [5.74, 6) is 0.238. The van der Waals surface area contributed by atoms with Crippen LogP contribution >= 0.6 is 12.4 Å². The largest absolute Gasteiger partial charge is 0.380 e. The monoisotopic (exact) mass is 264 g/mol. The van der Waals surface area contributed by atoms with E-state index in [0.717, 1.165) is 25.9 Å². The third-order valence-corrected chi connectivity index (χ3v) is 3.01. The quantitative estimate of drug-likeness (QED) is 0.738. The normalized spacial score (nSPS) is 19.5. The molecule has 0 radical (unpaired) electrons. The molecule has 1 amide bonds. The lowest BCUT2D eigenvalue weighted by Crippen LogP contribution is -2.49. The highest BCUT2D eigenvalue weighted by molar-refractivity contribution is 5.85. The van der Waals surface area contributed by atoms with Crippen molar-refractivity contribution < 1.29 is 9.53 Å². The van der Waals surface area contributed by atoms with Crippen molar-refractivity contribution in [3.8, 4) is 0 Å². The first-order valence-corrected chi connectivity index (χ1v) is 6.39. The molecule has 0 unspecified atom stereocenters. The van der Waals surface area contributed by atoms with Crippen LogP contribution in [0.1, 0.15) is 33.1 Å². The molecule has 1 heterocycles.